The minimum Gasteiger partial charge on any atom is -0.361 e. The molecule has 9 aromatic rings. The van der Waals surface area contributed by atoms with Crippen LogP contribution in [0.15, 0.2) is 217 Å². The highest BCUT2D eigenvalue weighted by Gasteiger charge is 2.42. The SMILES string of the molecule is CCCc1ccc(S(=O)(=O)N2CCC(C3=CCc4c(C)cccc43)CC2)cc1.CCc1cc(Br)ccc1S(=O)(=O)N1CCC(c2c[nH]c3ccc(C)cc23)CC1.Cc1cccc2c1CC=C2C1CCN(S(=O)(=O)c2ccccc2C(F)(F)F)CC1.Cc1cccc2c1CC=C2C1CCN(S(=O)(=O)c2ccccc2S(C)(=O)=O)CC1. The predicted molar refractivity (Wildman–Crippen MR) is 452 cm³/mol. The number of sulfonamides is 4. The van der Waals surface area contributed by atoms with Gasteiger partial charge in [-0.3, -0.25) is 0 Å². The first-order chi connectivity index (χ1) is 54.3. The molecular formula is C90H101BrF3N5O10S5. The van der Waals surface area contributed by atoms with Crippen molar-refractivity contribution >= 4 is 93.5 Å². The van der Waals surface area contributed by atoms with Gasteiger partial charge in [0.15, 0.2) is 9.84 Å². The van der Waals surface area contributed by atoms with Gasteiger partial charge in [0.25, 0.3) is 0 Å². The van der Waals surface area contributed by atoms with Crippen LogP contribution in [-0.4, -0.2) is 123 Å². The van der Waals surface area contributed by atoms with E-state index in [1.807, 2.05) is 37.3 Å². The van der Waals surface area contributed by atoms with Gasteiger partial charge < -0.3 is 4.98 Å². The lowest BCUT2D eigenvalue weighted by Gasteiger charge is -2.32. The first-order valence-corrected chi connectivity index (χ1v) is 48.0. The molecule has 15 nitrogen and oxygen atoms in total. The second kappa shape index (κ2) is 34.9. The second-order valence-corrected chi connectivity index (χ2v) is 41.7. The Morgan fingerprint density at radius 3 is 1.29 bits per heavy atom. The topological polar surface area (TPSA) is 199 Å². The maximum atomic E-state index is 13.3. The maximum Gasteiger partial charge on any atom is 0.417 e. The average molecular weight is 1710 g/mol. The lowest BCUT2D eigenvalue weighted by Crippen LogP contribution is -2.39. The first kappa shape index (κ1) is 84.3. The Morgan fingerprint density at radius 2 is 0.851 bits per heavy atom. The molecule has 604 valence electrons. The van der Waals surface area contributed by atoms with Gasteiger partial charge in [-0.2, -0.15) is 30.4 Å². The smallest absolute Gasteiger partial charge is 0.361 e. The number of H-pyrrole nitrogens is 1. The van der Waals surface area contributed by atoms with Gasteiger partial charge in [0, 0.05) is 80.2 Å². The third kappa shape index (κ3) is 17.9. The van der Waals surface area contributed by atoms with E-state index in [1.165, 1.54) is 122 Å². The van der Waals surface area contributed by atoms with Gasteiger partial charge in [-0.15, -0.1) is 0 Å². The molecule has 1 aromatic heterocycles. The second-order valence-electron chi connectivity index (χ2n) is 31.1. The van der Waals surface area contributed by atoms with E-state index in [-0.39, 0.29) is 28.8 Å². The standard InChI is InChI=1S/C24H29NO2S.C22H25BrN2O2S.C22H22F3NO2S.C22H25NO4S2/c1-3-5-19-8-10-21(11-9-19)28(26,27)25-16-14-20(15-17-25)23-13-12-22-18(2)6-4-7-24(22)23;1-3-16-13-18(23)5-7-22(16)28(26,27)25-10-8-17(9-11-25)20-14-24-21-6-4-15(2)12-19(20)21;1-15-5-4-6-19-17(15)9-10-18(19)16-11-13-26(14-12-16)29(27,28)21-8-3-2-7-20(21)22(23,24)25;1-16-6-5-7-20-18(16)10-11-19(20)17-12-14-23(15-13-17)29(26,27)22-9-4-3-8-21(22)28(2,24)25/h4,6-11,13,20H,3,5,12,14-17H2,1-2H3;4-7,12-14,17,24H,3,8-11H2,1-2H3;2-8,10,16H,9,11-14H2,1H3;3-9,11,17H,10,12-15H2,1-2H3. The molecule has 3 aliphatic carbocycles. The monoisotopic (exact) mass is 1710 g/mol. The number of rotatable bonds is 16. The normalized spacial score (nSPS) is 18.0. The van der Waals surface area contributed by atoms with Gasteiger partial charge in [-0.05, 0) is 285 Å². The molecule has 24 heteroatoms. The van der Waals surface area contributed by atoms with Crippen molar-refractivity contribution in [3.63, 3.8) is 0 Å². The largest absolute Gasteiger partial charge is 0.417 e. The van der Waals surface area contributed by atoms with Crippen LogP contribution >= 0.6 is 15.9 Å². The number of alkyl halides is 3. The highest BCUT2D eigenvalue weighted by atomic mass is 79.9. The summed E-state index contributed by atoms with van der Waals surface area (Å²) in [5, 5.41) is 1.27. The molecule has 1 N–H and O–H groups in total. The molecule has 0 amide bonds. The van der Waals surface area contributed by atoms with E-state index >= 15 is 0 Å². The van der Waals surface area contributed by atoms with E-state index < -0.39 is 66.6 Å². The van der Waals surface area contributed by atoms with Gasteiger partial charge >= 0.3 is 6.18 Å². The van der Waals surface area contributed by atoms with E-state index in [9.17, 15) is 55.3 Å². The highest BCUT2D eigenvalue weighted by molar-refractivity contribution is 9.10. The third-order valence-corrected chi connectivity index (χ3v) is 33.6. The summed E-state index contributed by atoms with van der Waals surface area (Å²) in [7, 11) is -18.5. The van der Waals surface area contributed by atoms with E-state index in [4.69, 9.17) is 0 Å². The van der Waals surface area contributed by atoms with Gasteiger partial charge in [0.2, 0.25) is 40.1 Å². The van der Waals surface area contributed by atoms with Crippen molar-refractivity contribution in [1.82, 2.24) is 22.2 Å². The van der Waals surface area contributed by atoms with Crippen LogP contribution in [0.4, 0.5) is 13.2 Å². The number of aryl methyl sites for hydroxylation is 6. The van der Waals surface area contributed by atoms with Crippen molar-refractivity contribution < 1.29 is 55.3 Å². The number of nitrogens with zero attached hydrogens (tertiary/aromatic N) is 4. The van der Waals surface area contributed by atoms with Gasteiger partial charge in [-0.25, -0.2) is 42.1 Å². The number of fused-ring (bicyclic) bond motifs is 4. The number of halogens is 4. The zero-order valence-electron chi connectivity index (χ0n) is 65.7. The summed E-state index contributed by atoms with van der Waals surface area (Å²) >= 11 is 3.44. The van der Waals surface area contributed by atoms with Crippen molar-refractivity contribution in [2.45, 2.75) is 168 Å². The summed E-state index contributed by atoms with van der Waals surface area (Å²) in [6, 6.07) is 48.7. The molecular weight excluding hydrogens is 1610 g/mol. The van der Waals surface area contributed by atoms with Crippen molar-refractivity contribution in [3.05, 3.63) is 271 Å². The molecule has 7 aliphatic rings. The van der Waals surface area contributed by atoms with E-state index in [0.29, 0.717) is 86.1 Å². The van der Waals surface area contributed by atoms with Crippen molar-refractivity contribution in [2.24, 2.45) is 17.8 Å². The Hall–Kier alpha value is -7.62. The fourth-order valence-electron chi connectivity index (χ4n) is 17.7. The molecule has 0 radical (unpaired) electrons. The Bertz CT molecular complexity index is 5770. The summed E-state index contributed by atoms with van der Waals surface area (Å²) in [6.07, 6.45) is 17.0. The molecule has 4 saturated heterocycles. The van der Waals surface area contributed by atoms with Crippen LogP contribution in [0.25, 0.3) is 27.6 Å². The first-order valence-electron chi connectivity index (χ1n) is 39.6. The van der Waals surface area contributed by atoms with Crippen LogP contribution < -0.4 is 0 Å². The molecule has 0 saturated carbocycles. The number of benzene rings is 8. The minimum absolute atomic E-state index is 0.123. The molecule has 5 heterocycles. The number of hydrogen-bond acceptors (Lipinski definition) is 10. The minimum atomic E-state index is -4.71. The summed E-state index contributed by atoms with van der Waals surface area (Å²) in [5.41, 5.74) is 20.6. The molecule has 0 unspecified atom stereocenters. The fraction of sp³-hybridized carbons (Fsp3) is 0.378. The van der Waals surface area contributed by atoms with Crippen molar-refractivity contribution in [3.8, 4) is 0 Å². The predicted octanol–water partition coefficient (Wildman–Crippen LogP) is 18.9. The van der Waals surface area contributed by atoms with Gasteiger partial charge in [0.05, 0.1) is 25.1 Å². The molecule has 8 aromatic carbocycles. The molecule has 4 fully saturated rings. The summed E-state index contributed by atoms with van der Waals surface area (Å²) in [5.74, 6) is 1.40. The third-order valence-electron chi connectivity index (χ3n) is 24.0. The summed E-state index contributed by atoms with van der Waals surface area (Å²) < 4.78 is 176. The molecule has 0 spiro atoms. The fourth-order valence-corrected chi connectivity index (χ4v) is 26.1. The number of aromatic nitrogens is 1. The molecule has 0 atom stereocenters. The maximum absolute atomic E-state index is 13.3. The van der Waals surface area contributed by atoms with Crippen LogP contribution in [0, 0.1) is 45.4 Å². The molecule has 16 rings (SSSR count). The average Bonchev–Trinajstić information content (AvgIpc) is 1.23. The molecule has 114 heavy (non-hydrogen) atoms. The number of sulfone groups is 1. The zero-order chi connectivity index (χ0) is 81.2. The Labute approximate surface area is 680 Å². The number of allylic oxidation sites excluding steroid dienone is 6. The van der Waals surface area contributed by atoms with Crippen LogP contribution in [-0.2, 0) is 88.2 Å². The number of nitrogens with one attached hydrogen (secondary N) is 1. The lowest BCUT2D eigenvalue weighted by atomic mass is 9.86. The van der Waals surface area contributed by atoms with Crippen molar-refractivity contribution in [1.29, 1.82) is 0 Å². The van der Waals surface area contributed by atoms with E-state index in [2.05, 4.69) is 147 Å². The number of aromatic amines is 1. The van der Waals surface area contributed by atoms with E-state index in [1.54, 1.807) is 38.9 Å². The molecule has 4 aliphatic heterocycles. The quantitative estimate of drug-likeness (QED) is 0.0970. The van der Waals surface area contributed by atoms with Crippen LogP contribution in [0.5, 0.6) is 0 Å². The summed E-state index contributed by atoms with van der Waals surface area (Å²) in [4.78, 5) is 3.31. The number of hydrogen-bond donors (Lipinski definition) is 1. The Balaban J connectivity index is 0.000000133. The van der Waals surface area contributed by atoms with Crippen molar-refractivity contribution in [2.75, 3.05) is 58.6 Å². The van der Waals surface area contributed by atoms with Crippen LogP contribution in [0.1, 0.15) is 155 Å². The van der Waals surface area contributed by atoms with Gasteiger partial charge in [0.1, 0.15) is 4.90 Å². The Morgan fingerprint density at radius 1 is 0.439 bits per heavy atom. The van der Waals surface area contributed by atoms with Crippen LogP contribution in [0.3, 0.4) is 0 Å². The van der Waals surface area contributed by atoms with Gasteiger partial charge in [-0.1, -0.05) is 157 Å². The summed E-state index contributed by atoms with van der Waals surface area (Å²) in [6.45, 7) is 16.2. The highest BCUT2D eigenvalue weighted by Crippen LogP contribution is 2.45. The Kier molecular flexibility index (Phi) is 25.8. The molecule has 0 bridgehead atoms. The number of piperidine rings is 4. The zero-order valence-corrected chi connectivity index (χ0v) is 71.4. The van der Waals surface area contributed by atoms with Crippen LogP contribution in [0.2, 0.25) is 0 Å². The lowest BCUT2D eigenvalue weighted by molar-refractivity contribution is -0.139. The van der Waals surface area contributed by atoms with E-state index in [0.717, 1.165) is 105 Å².